The van der Waals surface area contributed by atoms with Gasteiger partial charge in [-0.1, -0.05) is 6.07 Å². The summed E-state index contributed by atoms with van der Waals surface area (Å²) in [4.78, 5) is 11.0. The summed E-state index contributed by atoms with van der Waals surface area (Å²) in [7, 11) is 0. The Balaban J connectivity index is 2.68. The lowest BCUT2D eigenvalue weighted by Gasteiger charge is -2.06. The topological polar surface area (TPSA) is 29.1 Å². The van der Waals surface area contributed by atoms with E-state index in [4.69, 9.17) is 11.6 Å². The van der Waals surface area contributed by atoms with Crippen LogP contribution in [0.1, 0.15) is 12.0 Å². The van der Waals surface area contributed by atoms with E-state index in [9.17, 15) is 18.0 Å². The summed E-state index contributed by atoms with van der Waals surface area (Å²) >= 11 is 5.31. The molecule has 0 aliphatic carbocycles. The SMILES string of the molecule is O=C(CCCl)NCc1ccc(F)c(F)c1F. The molecular weight excluding hydrogens is 243 g/mol. The molecule has 0 aliphatic rings. The van der Waals surface area contributed by atoms with Gasteiger partial charge in [-0.25, -0.2) is 13.2 Å². The van der Waals surface area contributed by atoms with Gasteiger partial charge in [0.25, 0.3) is 0 Å². The van der Waals surface area contributed by atoms with Crippen molar-refractivity contribution < 1.29 is 18.0 Å². The van der Waals surface area contributed by atoms with Crippen molar-refractivity contribution in [3.63, 3.8) is 0 Å². The molecule has 0 unspecified atom stereocenters. The van der Waals surface area contributed by atoms with E-state index in [1.165, 1.54) is 0 Å². The van der Waals surface area contributed by atoms with Crippen molar-refractivity contribution in [3.05, 3.63) is 35.1 Å². The minimum absolute atomic E-state index is 0.0901. The van der Waals surface area contributed by atoms with Gasteiger partial charge in [0.05, 0.1) is 0 Å². The van der Waals surface area contributed by atoms with E-state index in [2.05, 4.69) is 5.32 Å². The predicted molar refractivity (Wildman–Crippen MR) is 53.5 cm³/mol. The quantitative estimate of drug-likeness (QED) is 0.646. The molecule has 88 valence electrons. The molecule has 0 heterocycles. The molecule has 1 aromatic carbocycles. The maximum absolute atomic E-state index is 13.1. The third-order valence-corrected chi connectivity index (χ3v) is 2.10. The summed E-state index contributed by atoms with van der Waals surface area (Å²) in [5.74, 6) is -4.31. The van der Waals surface area contributed by atoms with Crippen LogP contribution in [0.3, 0.4) is 0 Å². The molecule has 16 heavy (non-hydrogen) atoms. The Kier molecular flexibility index (Phi) is 4.61. The molecule has 0 saturated heterocycles. The number of rotatable bonds is 4. The Morgan fingerprint density at radius 1 is 1.25 bits per heavy atom. The first-order valence-electron chi connectivity index (χ1n) is 4.51. The minimum atomic E-state index is -1.54. The molecule has 0 aromatic heterocycles. The zero-order valence-corrected chi connectivity index (χ0v) is 8.95. The van der Waals surface area contributed by atoms with Crippen LogP contribution < -0.4 is 5.32 Å². The fourth-order valence-electron chi connectivity index (χ4n) is 1.07. The van der Waals surface area contributed by atoms with Gasteiger partial charge in [0.2, 0.25) is 5.91 Å². The second-order valence-corrected chi connectivity index (χ2v) is 3.43. The highest BCUT2D eigenvalue weighted by Crippen LogP contribution is 2.14. The first kappa shape index (κ1) is 12.8. The molecule has 0 atom stereocenters. The summed E-state index contributed by atoms with van der Waals surface area (Å²) in [6, 6.07) is 1.89. The van der Waals surface area contributed by atoms with Crippen LogP contribution in [0.4, 0.5) is 13.2 Å². The summed E-state index contributed by atoms with van der Waals surface area (Å²) < 4.78 is 38.4. The van der Waals surface area contributed by atoms with Crippen molar-refractivity contribution in [1.29, 1.82) is 0 Å². The number of nitrogens with one attached hydrogen (secondary N) is 1. The van der Waals surface area contributed by atoms with Gasteiger partial charge in [0.1, 0.15) is 0 Å². The van der Waals surface area contributed by atoms with Crippen LogP contribution in [-0.2, 0) is 11.3 Å². The van der Waals surface area contributed by atoms with Crippen molar-refractivity contribution in [2.75, 3.05) is 5.88 Å². The Bertz CT molecular complexity index is 398. The second-order valence-electron chi connectivity index (χ2n) is 3.05. The van der Waals surface area contributed by atoms with Gasteiger partial charge < -0.3 is 5.32 Å². The zero-order chi connectivity index (χ0) is 12.1. The number of alkyl halides is 1. The molecule has 1 amide bonds. The lowest BCUT2D eigenvalue weighted by Crippen LogP contribution is -2.23. The van der Waals surface area contributed by atoms with Gasteiger partial charge in [-0.05, 0) is 6.07 Å². The largest absolute Gasteiger partial charge is 0.352 e. The number of amides is 1. The first-order chi connectivity index (χ1) is 7.56. The molecular formula is C10H9ClF3NO. The fraction of sp³-hybridized carbons (Fsp3) is 0.300. The molecule has 1 rings (SSSR count). The van der Waals surface area contributed by atoms with Gasteiger partial charge in [-0.3, -0.25) is 4.79 Å². The highest BCUT2D eigenvalue weighted by atomic mass is 35.5. The zero-order valence-electron chi connectivity index (χ0n) is 8.20. The highest BCUT2D eigenvalue weighted by Gasteiger charge is 2.13. The minimum Gasteiger partial charge on any atom is -0.352 e. The van der Waals surface area contributed by atoms with Crippen molar-refractivity contribution in [2.24, 2.45) is 0 Å². The normalized spacial score (nSPS) is 10.2. The van der Waals surface area contributed by atoms with Crippen LogP contribution in [0.5, 0.6) is 0 Å². The van der Waals surface area contributed by atoms with E-state index >= 15 is 0 Å². The van der Waals surface area contributed by atoms with Crippen LogP contribution in [0.25, 0.3) is 0 Å². The van der Waals surface area contributed by atoms with Gasteiger partial charge >= 0.3 is 0 Å². The Morgan fingerprint density at radius 3 is 2.56 bits per heavy atom. The number of halogens is 4. The van der Waals surface area contributed by atoms with Crippen molar-refractivity contribution >= 4 is 17.5 Å². The molecule has 2 nitrogen and oxygen atoms in total. The Labute approximate surface area is 95.4 Å². The number of hydrogen-bond donors (Lipinski definition) is 1. The van der Waals surface area contributed by atoms with Crippen LogP contribution in [-0.4, -0.2) is 11.8 Å². The van der Waals surface area contributed by atoms with E-state index in [0.29, 0.717) is 0 Å². The molecule has 0 saturated carbocycles. The lowest BCUT2D eigenvalue weighted by molar-refractivity contribution is -0.120. The van der Waals surface area contributed by atoms with Gasteiger partial charge in [0.15, 0.2) is 17.5 Å². The molecule has 6 heteroatoms. The summed E-state index contributed by atoms with van der Waals surface area (Å²) in [5.41, 5.74) is -0.109. The lowest BCUT2D eigenvalue weighted by atomic mass is 10.2. The van der Waals surface area contributed by atoms with E-state index in [1.54, 1.807) is 0 Å². The first-order valence-corrected chi connectivity index (χ1v) is 5.04. The van der Waals surface area contributed by atoms with Crippen LogP contribution >= 0.6 is 11.6 Å². The molecule has 0 spiro atoms. The second kappa shape index (κ2) is 5.75. The maximum atomic E-state index is 13.1. The standard InChI is InChI=1S/C10H9ClF3NO/c11-4-3-8(16)15-5-6-1-2-7(12)10(14)9(6)13/h1-2H,3-5H2,(H,15,16). The average molecular weight is 252 g/mol. The van der Waals surface area contributed by atoms with Crippen LogP contribution in [0.2, 0.25) is 0 Å². The number of hydrogen-bond acceptors (Lipinski definition) is 1. The average Bonchev–Trinajstić information content (AvgIpc) is 2.25. The van der Waals surface area contributed by atoms with Crippen molar-refractivity contribution in [2.45, 2.75) is 13.0 Å². The highest BCUT2D eigenvalue weighted by molar-refractivity contribution is 6.18. The maximum Gasteiger partial charge on any atom is 0.221 e. The van der Waals surface area contributed by atoms with E-state index in [1.807, 2.05) is 0 Å². The summed E-state index contributed by atoms with van der Waals surface area (Å²) in [6.07, 6.45) is 0.0901. The van der Waals surface area contributed by atoms with Crippen molar-refractivity contribution in [3.8, 4) is 0 Å². The van der Waals surface area contributed by atoms with E-state index in [-0.39, 0.29) is 30.3 Å². The third-order valence-electron chi connectivity index (χ3n) is 1.91. The third kappa shape index (κ3) is 3.13. The van der Waals surface area contributed by atoms with Gasteiger partial charge in [0, 0.05) is 24.4 Å². The molecule has 0 radical (unpaired) electrons. The predicted octanol–water partition coefficient (Wildman–Crippen LogP) is 2.35. The number of carbonyl (C=O) groups is 1. The molecule has 0 fully saturated rings. The molecule has 0 aliphatic heterocycles. The van der Waals surface area contributed by atoms with Crippen molar-refractivity contribution in [1.82, 2.24) is 5.32 Å². The fourth-order valence-corrected chi connectivity index (χ4v) is 1.24. The number of carbonyl (C=O) groups excluding carboxylic acids is 1. The van der Waals surface area contributed by atoms with Crippen LogP contribution in [0, 0.1) is 17.5 Å². The summed E-state index contributed by atoms with van der Waals surface area (Å²) in [6.45, 7) is -0.196. The smallest absolute Gasteiger partial charge is 0.221 e. The van der Waals surface area contributed by atoms with Crippen LogP contribution in [0.15, 0.2) is 12.1 Å². The Hall–Kier alpha value is -1.23. The number of benzene rings is 1. The van der Waals surface area contributed by atoms with E-state index in [0.717, 1.165) is 12.1 Å². The van der Waals surface area contributed by atoms with Gasteiger partial charge in [-0.2, -0.15) is 0 Å². The molecule has 1 N–H and O–H groups in total. The summed E-state index contributed by atoms with van der Waals surface area (Å²) in [5, 5.41) is 2.33. The Morgan fingerprint density at radius 2 is 1.94 bits per heavy atom. The van der Waals surface area contributed by atoms with Gasteiger partial charge in [-0.15, -0.1) is 11.6 Å². The van der Waals surface area contributed by atoms with E-state index < -0.39 is 17.5 Å². The molecule has 1 aromatic rings. The monoisotopic (exact) mass is 251 g/mol. The molecule has 0 bridgehead atoms.